The van der Waals surface area contributed by atoms with Gasteiger partial charge < -0.3 is 10.1 Å². The molecule has 0 bridgehead atoms. The number of benzene rings is 1. The number of rotatable bonds is 6. The van der Waals surface area contributed by atoms with Gasteiger partial charge in [0.05, 0.1) is 13.2 Å². The summed E-state index contributed by atoms with van der Waals surface area (Å²) in [6, 6.07) is 9.59. The molecule has 106 valence electrons. The summed E-state index contributed by atoms with van der Waals surface area (Å²) in [7, 11) is 0. The molecule has 0 radical (unpaired) electrons. The molecule has 0 aliphatic heterocycles. The Labute approximate surface area is 124 Å². The van der Waals surface area contributed by atoms with Gasteiger partial charge in [0.2, 0.25) is 5.95 Å². The van der Waals surface area contributed by atoms with Crippen LogP contribution in [0.3, 0.4) is 0 Å². The number of ether oxygens (including phenoxy) is 1. The Morgan fingerprint density at radius 3 is 2.40 bits per heavy atom. The number of halogens is 1. The Kier molecular flexibility index (Phi) is 5.32. The fraction of sp³-hybridized carbons (Fsp3) is 0.333. The summed E-state index contributed by atoms with van der Waals surface area (Å²) in [4.78, 5) is 8.61. The third-order valence-corrected chi connectivity index (χ3v) is 2.95. The molecule has 2 aromatic rings. The molecule has 1 aromatic carbocycles. The third-order valence-electron chi connectivity index (χ3n) is 2.69. The number of hydrogen-bond donors (Lipinski definition) is 1. The van der Waals surface area contributed by atoms with Crippen molar-refractivity contribution in [3.05, 3.63) is 52.3 Å². The van der Waals surface area contributed by atoms with E-state index in [2.05, 4.69) is 15.3 Å². The first-order chi connectivity index (χ1) is 9.63. The van der Waals surface area contributed by atoms with E-state index in [-0.39, 0.29) is 0 Å². The Morgan fingerprint density at radius 2 is 1.75 bits per heavy atom. The van der Waals surface area contributed by atoms with Gasteiger partial charge in [-0.05, 0) is 37.6 Å². The van der Waals surface area contributed by atoms with Crippen molar-refractivity contribution < 1.29 is 4.74 Å². The van der Waals surface area contributed by atoms with E-state index in [0.29, 0.717) is 25.7 Å². The monoisotopic (exact) mass is 291 g/mol. The smallest absolute Gasteiger partial charge is 0.223 e. The summed E-state index contributed by atoms with van der Waals surface area (Å²) in [6.07, 6.45) is 0. The van der Waals surface area contributed by atoms with Crippen LogP contribution >= 0.6 is 11.6 Å². The second-order valence-electron chi connectivity index (χ2n) is 4.58. The number of nitrogens with one attached hydrogen (secondary N) is 1. The molecule has 0 aliphatic carbocycles. The van der Waals surface area contributed by atoms with Crippen molar-refractivity contribution in [2.24, 2.45) is 0 Å². The lowest BCUT2D eigenvalue weighted by molar-refractivity contribution is 0.130. The third kappa shape index (κ3) is 4.79. The van der Waals surface area contributed by atoms with Crippen LogP contribution in [0.4, 0.5) is 5.95 Å². The molecule has 20 heavy (non-hydrogen) atoms. The average molecular weight is 292 g/mol. The molecule has 1 heterocycles. The lowest BCUT2D eigenvalue weighted by Crippen LogP contribution is -2.12. The molecule has 0 saturated carbocycles. The molecule has 0 aliphatic rings. The molecule has 0 atom stereocenters. The number of nitrogens with zero attached hydrogens (tertiary/aromatic N) is 2. The van der Waals surface area contributed by atoms with Gasteiger partial charge in [-0.25, -0.2) is 9.97 Å². The molecule has 1 aromatic heterocycles. The summed E-state index contributed by atoms with van der Waals surface area (Å²) >= 11 is 5.82. The Bertz CT molecular complexity index is 537. The molecule has 4 nitrogen and oxygen atoms in total. The first kappa shape index (κ1) is 14.8. The fourth-order valence-corrected chi connectivity index (χ4v) is 1.94. The van der Waals surface area contributed by atoms with E-state index in [9.17, 15) is 0 Å². The summed E-state index contributed by atoms with van der Waals surface area (Å²) in [5, 5.41) is 3.89. The molecule has 0 saturated heterocycles. The van der Waals surface area contributed by atoms with Gasteiger partial charge >= 0.3 is 0 Å². The van der Waals surface area contributed by atoms with Crippen LogP contribution in [0.25, 0.3) is 0 Å². The molecule has 0 unspecified atom stereocenters. The molecule has 0 fully saturated rings. The second kappa shape index (κ2) is 7.22. The summed E-state index contributed by atoms with van der Waals surface area (Å²) < 4.78 is 5.58. The van der Waals surface area contributed by atoms with Crippen LogP contribution in [0.15, 0.2) is 30.3 Å². The van der Waals surface area contributed by atoms with Gasteiger partial charge in [-0.1, -0.05) is 23.7 Å². The number of anilines is 1. The van der Waals surface area contributed by atoms with Crippen molar-refractivity contribution in [3.63, 3.8) is 0 Å². The van der Waals surface area contributed by atoms with Crippen LogP contribution in [-0.4, -0.2) is 23.1 Å². The maximum Gasteiger partial charge on any atom is 0.223 e. The molecule has 5 heteroatoms. The Hall–Kier alpha value is -1.65. The van der Waals surface area contributed by atoms with Crippen molar-refractivity contribution in [1.29, 1.82) is 0 Å². The highest BCUT2D eigenvalue weighted by Gasteiger charge is 1.99. The predicted molar refractivity (Wildman–Crippen MR) is 81.1 cm³/mol. The van der Waals surface area contributed by atoms with Gasteiger partial charge in [0.1, 0.15) is 0 Å². The largest absolute Gasteiger partial charge is 0.375 e. The quantitative estimate of drug-likeness (QED) is 0.829. The van der Waals surface area contributed by atoms with Gasteiger partial charge in [0.15, 0.2) is 0 Å². The highest BCUT2D eigenvalue weighted by Crippen LogP contribution is 2.10. The SMILES string of the molecule is Cc1cc(C)nc(NCCOCc2ccc(Cl)cc2)n1. The molecule has 1 N–H and O–H groups in total. The minimum atomic E-state index is 0.576. The van der Waals surface area contributed by atoms with Gasteiger partial charge in [-0.15, -0.1) is 0 Å². The molecule has 2 rings (SSSR count). The lowest BCUT2D eigenvalue weighted by Gasteiger charge is -2.07. The van der Waals surface area contributed by atoms with Crippen LogP contribution < -0.4 is 5.32 Å². The van der Waals surface area contributed by atoms with E-state index in [1.807, 2.05) is 44.2 Å². The van der Waals surface area contributed by atoms with Crippen LogP contribution in [0.2, 0.25) is 5.02 Å². The first-order valence-corrected chi connectivity index (χ1v) is 6.89. The molecule has 0 spiro atoms. The van der Waals surface area contributed by atoms with Crippen molar-refractivity contribution in [2.45, 2.75) is 20.5 Å². The lowest BCUT2D eigenvalue weighted by atomic mass is 10.2. The van der Waals surface area contributed by atoms with Crippen molar-refractivity contribution >= 4 is 17.5 Å². The zero-order valence-electron chi connectivity index (χ0n) is 11.7. The number of aromatic nitrogens is 2. The van der Waals surface area contributed by atoms with Crippen LogP contribution in [0.1, 0.15) is 17.0 Å². The van der Waals surface area contributed by atoms with Gasteiger partial charge in [-0.3, -0.25) is 0 Å². The van der Waals surface area contributed by atoms with Gasteiger partial charge in [-0.2, -0.15) is 0 Å². The van der Waals surface area contributed by atoms with E-state index in [1.54, 1.807) is 0 Å². The normalized spacial score (nSPS) is 10.6. The molecular formula is C15H18ClN3O. The second-order valence-corrected chi connectivity index (χ2v) is 5.02. The Balaban J connectivity index is 1.70. The van der Waals surface area contributed by atoms with Gasteiger partial charge in [0, 0.05) is 23.0 Å². The zero-order valence-corrected chi connectivity index (χ0v) is 12.4. The summed E-state index contributed by atoms with van der Waals surface area (Å²) in [5.41, 5.74) is 3.03. The Morgan fingerprint density at radius 1 is 1.10 bits per heavy atom. The van der Waals surface area contributed by atoms with E-state index in [1.165, 1.54) is 0 Å². The fourth-order valence-electron chi connectivity index (χ4n) is 1.81. The highest BCUT2D eigenvalue weighted by molar-refractivity contribution is 6.30. The zero-order chi connectivity index (χ0) is 14.4. The summed E-state index contributed by atoms with van der Waals surface area (Å²) in [6.45, 7) is 5.76. The van der Waals surface area contributed by atoms with Crippen molar-refractivity contribution in [1.82, 2.24) is 9.97 Å². The minimum Gasteiger partial charge on any atom is -0.375 e. The topological polar surface area (TPSA) is 47.0 Å². The van der Waals surface area contributed by atoms with E-state index < -0.39 is 0 Å². The number of hydrogen-bond acceptors (Lipinski definition) is 4. The maximum absolute atomic E-state index is 5.82. The average Bonchev–Trinajstić information content (AvgIpc) is 2.39. The standard InChI is InChI=1S/C15H18ClN3O/c1-11-9-12(2)19-15(18-11)17-7-8-20-10-13-3-5-14(16)6-4-13/h3-6,9H,7-8,10H2,1-2H3,(H,17,18,19). The minimum absolute atomic E-state index is 0.576. The molecular weight excluding hydrogens is 274 g/mol. The van der Waals surface area contributed by atoms with Crippen LogP contribution in [-0.2, 0) is 11.3 Å². The first-order valence-electron chi connectivity index (χ1n) is 6.52. The van der Waals surface area contributed by atoms with E-state index in [0.717, 1.165) is 22.0 Å². The van der Waals surface area contributed by atoms with E-state index >= 15 is 0 Å². The maximum atomic E-state index is 5.82. The van der Waals surface area contributed by atoms with Crippen molar-refractivity contribution in [3.8, 4) is 0 Å². The highest BCUT2D eigenvalue weighted by atomic mass is 35.5. The van der Waals surface area contributed by atoms with Gasteiger partial charge in [0.25, 0.3) is 0 Å². The predicted octanol–water partition coefficient (Wildman–Crippen LogP) is 3.38. The van der Waals surface area contributed by atoms with Crippen LogP contribution in [0.5, 0.6) is 0 Å². The summed E-state index contributed by atoms with van der Waals surface area (Å²) in [5.74, 6) is 0.651. The van der Waals surface area contributed by atoms with Crippen LogP contribution in [0, 0.1) is 13.8 Å². The van der Waals surface area contributed by atoms with Crippen molar-refractivity contribution in [2.75, 3.05) is 18.5 Å². The molecule has 0 amide bonds. The number of aryl methyl sites for hydroxylation is 2. The van der Waals surface area contributed by atoms with E-state index in [4.69, 9.17) is 16.3 Å².